The topological polar surface area (TPSA) is 35.2 Å². The molecular weight excluding hydrogens is 206 g/mol. The molecule has 0 fully saturated rings. The number of ether oxygens (including phenoxy) is 1. The van der Waals surface area contributed by atoms with Gasteiger partial charge in [-0.1, -0.05) is 13.8 Å². The summed E-state index contributed by atoms with van der Waals surface area (Å²) in [6, 6.07) is 5.85. The molecule has 1 aromatic rings. The normalized spacial score (nSPS) is 12.5. The van der Waals surface area contributed by atoms with Crippen LogP contribution in [-0.2, 0) is 0 Å². The molecule has 15 heavy (non-hydrogen) atoms. The Kier molecular flexibility index (Phi) is 4.82. The molecule has 0 aliphatic carbocycles. The van der Waals surface area contributed by atoms with Crippen LogP contribution in [0.5, 0.6) is 5.75 Å². The van der Waals surface area contributed by atoms with E-state index in [1.807, 2.05) is 25.1 Å². The fraction of sp³-hybridized carbons (Fsp3) is 0.500. The Morgan fingerprint density at radius 1 is 1.40 bits per heavy atom. The van der Waals surface area contributed by atoms with Gasteiger partial charge in [-0.05, 0) is 31.5 Å². The Hall–Kier alpha value is -0.830. The number of nitrogen functional groups attached to an aromatic ring is 1. The molecular formula is C12H19NOS. The average Bonchev–Trinajstić information content (AvgIpc) is 2.23. The molecule has 1 aromatic carbocycles. The van der Waals surface area contributed by atoms with Gasteiger partial charge >= 0.3 is 0 Å². The minimum atomic E-state index is 0.587. The van der Waals surface area contributed by atoms with Crippen LogP contribution in [0.1, 0.15) is 27.2 Å². The number of anilines is 1. The highest BCUT2D eigenvalue weighted by atomic mass is 32.2. The van der Waals surface area contributed by atoms with Crippen molar-refractivity contribution in [1.29, 1.82) is 0 Å². The third-order valence-electron chi connectivity index (χ3n) is 2.20. The number of benzene rings is 1. The van der Waals surface area contributed by atoms with Gasteiger partial charge in [0, 0.05) is 15.8 Å². The number of nitrogens with two attached hydrogens (primary N) is 1. The van der Waals surface area contributed by atoms with Gasteiger partial charge in [-0.3, -0.25) is 0 Å². The van der Waals surface area contributed by atoms with Crippen molar-refractivity contribution in [2.24, 2.45) is 0 Å². The van der Waals surface area contributed by atoms with Gasteiger partial charge in [-0.2, -0.15) is 0 Å². The summed E-state index contributed by atoms with van der Waals surface area (Å²) < 4.78 is 5.45. The second-order valence-corrected chi connectivity index (χ2v) is 4.95. The molecule has 2 N–H and O–H groups in total. The van der Waals surface area contributed by atoms with Crippen molar-refractivity contribution in [2.75, 3.05) is 12.3 Å². The van der Waals surface area contributed by atoms with E-state index in [1.54, 1.807) is 11.8 Å². The monoisotopic (exact) mass is 225 g/mol. The minimum Gasteiger partial charge on any atom is -0.494 e. The number of hydrogen-bond donors (Lipinski definition) is 1. The van der Waals surface area contributed by atoms with Crippen LogP contribution in [0.2, 0.25) is 0 Å². The molecule has 2 nitrogen and oxygen atoms in total. The average molecular weight is 225 g/mol. The molecule has 1 unspecified atom stereocenters. The maximum absolute atomic E-state index is 5.91. The molecule has 1 rings (SSSR count). The van der Waals surface area contributed by atoms with Gasteiger partial charge in [0.2, 0.25) is 0 Å². The molecule has 3 heteroatoms. The number of hydrogen-bond acceptors (Lipinski definition) is 3. The maximum atomic E-state index is 5.91. The standard InChI is InChI=1S/C12H19NOS/c1-4-9(3)15-12-8-10(14-5-2)6-7-11(12)13/h6-9H,4-5,13H2,1-3H3. The molecule has 0 spiro atoms. The van der Waals surface area contributed by atoms with Crippen molar-refractivity contribution in [3.63, 3.8) is 0 Å². The van der Waals surface area contributed by atoms with E-state index in [-0.39, 0.29) is 0 Å². The van der Waals surface area contributed by atoms with E-state index in [4.69, 9.17) is 10.5 Å². The SMILES string of the molecule is CCOc1ccc(N)c(SC(C)CC)c1. The predicted octanol–water partition coefficient (Wildman–Crippen LogP) is 3.56. The Morgan fingerprint density at radius 2 is 2.13 bits per heavy atom. The third kappa shape index (κ3) is 3.67. The summed E-state index contributed by atoms with van der Waals surface area (Å²) in [5.41, 5.74) is 6.75. The summed E-state index contributed by atoms with van der Waals surface area (Å²) in [6.45, 7) is 7.06. The van der Waals surface area contributed by atoms with E-state index in [0.717, 1.165) is 22.8 Å². The molecule has 1 atom stereocenters. The molecule has 0 amide bonds. The highest BCUT2D eigenvalue weighted by Gasteiger charge is 2.06. The zero-order valence-corrected chi connectivity index (χ0v) is 10.4. The fourth-order valence-corrected chi connectivity index (χ4v) is 2.16. The second kappa shape index (κ2) is 5.91. The summed E-state index contributed by atoms with van der Waals surface area (Å²) in [6.07, 6.45) is 1.14. The van der Waals surface area contributed by atoms with E-state index < -0.39 is 0 Å². The van der Waals surface area contributed by atoms with Crippen molar-refractivity contribution >= 4 is 17.4 Å². The van der Waals surface area contributed by atoms with Crippen molar-refractivity contribution < 1.29 is 4.74 Å². The van der Waals surface area contributed by atoms with Crippen molar-refractivity contribution in [3.8, 4) is 5.75 Å². The minimum absolute atomic E-state index is 0.587. The van der Waals surface area contributed by atoms with Gasteiger partial charge in [-0.15, -0.1) is 11.8 Å². The van der Waals surface area contributed by atoms with Crippen LogP contribution in [-0.4, -0.2) is 11.9 Å². The summed E-state index contributed by atoms with van der Waals surface area (Å²) in [5, 5.41) is 0.587. The van der Waals surface area contributed by atoms with E-state index >= 15 is 0 Å². The zero-order chi connectivity index (χ0) is 11.3. The molecule has 0 saturated heterocycles. The lowest BCUT2D eigenvalue weighted by Crippen LogP contribution is -1.97. The molecule has 84 valence electrons. The molecule has 0 heterocycles. The summed E-state index contributed by atoms with van der Waals surface area (Å²) in [7, 11) is 0. The number of rotatable bonds is 5. The Balaban J connectivity index is 2.80. The van der Waals surface area contributed by atoms with Gasteiger partial charge in [0.1, 0.15) is 5.75 Å². The maximum Gasteiger partial charge on any atom is 0.120 e. The molecule has 0 aromatic heterocycles. The first-order valence-electron chi connectivity index (χ1n) is 5.36. The summed E-state index contributed by atoms with van der Waals surface area (Å²) in [5.74, 6) is 0.900. The Labute approximate surface area is 96.2 Å². The third-order valence-corrected chi connectivity index (χ3v) is 3.54. The highest BCUT2D eigenvalue weighted by molar-refractivity contribution is 8.00. The Morgan fingerprint density at radius 3 is 2.73 bits per heavy atom. The van der Waals surface area contributed by atoms with Crippen molar-refractivity contribution in [1.82, 2.24) is 0 Å². The van der Waals surface area contributed by atoms with Crippen molar-refractivity contribution in [2.45, 2.75) is 37.3 Å². The first-order chi connectivity index (χ1) is 7.17. The van der Waals surface area contributed by atoms with Gasteiger partial charge in [0.05, 0.1) is 6.61 Å². The lowest BCUT2D eigenvalue weighted by molar-refractivity contribution is 0.339. The quantitative estimate of drug-likeness (QED) is 0.614. The predicted molar refractivity (Wildman–Crippen MR) is 67.6 cm³/mol. The highest BCUT2D eigenvalue weighted by Crippen LogP contribution is 2.32. The molecule has 0 saturated carbocycles. The van der Waals surface area contributed by atoms with E-state index in [2.05, 4.69) is 13.8 Å². The fourth-order valence-electron chi connectivity index (χ4n) is 1.17. The largest absolute Gasteiger partial charge is 0.494 e. The van der Waals surface area contributed by atoms with Crippen LogP contribution in [0.4, 0.5) is 5.69 Å². The van der Waals surface area contributed by atoms with Crippen LogP contribution in [0.15, 0.2) is 23.1 Å². The van der Waals surface area contributed by atoms with Gasteiger partial charge in [-0.25, -0.2) is 0 Å². The molecule has 0 aliphatic rings. The van der Waals surface area contributed by atoms with Gasteiger partial charge < -0.3 is 10.5 Å². The lowest BCUT2D eigenvalue weighted by Gasteiger charge is -2.12. The van der Waals surface area contributed by atoms with Crippen LogP contribution >= 0.6 is 11.8 Å². The van der Waals surface area contributed by atoms with Crippen molar-refractivity contribution in [3.05, 3.63) is 18.2 Å². The lowest BCUT2D eigenvalue weighted by atomic mass is 10.3. The zero-order valence-electron chi connectivity index (χ0n) is 9.62. The molecule has 0 aliphatic heterocycles. The van der Waals surface area contributed by atoms with E-state index in [0.29, 0.717) is 11.9 Å². The second-order valence-electron chi connectivity index (χ2n) is 3.47. The smallest absolute Gasteiger partial charge is 0.120 e. The number of thioether (sulfide) groups is 1. The van der Waals surface area contributed by atoms with Crippen LogP contribution < -0.4 is 10.5 Å². The van der Waals surface area contributed by atoms with Gasteiger partial charge in [0.15, 0.2) is 0 Å². The van der Waals surface area contributed by atoms with E-state index in [9.17, 15) is 0 Å². The summed E-state index contributed by atoms with van der Waals surface area (Å²) >= 11 is 1.81. The molecule has 0 radical (unpaired) electrons. The van der Waals surface area contributed by atoms with Crippen LogP contribution in [0.25, 0.3) is 0 Å². The van der Waals surface area contributed by atoms with Crippen LogP contribution in [0, 0.1) is 0 Å². The Bertz CT molecular complexity index is 314. The summed E-state index contributed by atoms with van der Waals surface area (Å²) in [4.78, 5) is 1.12. The molecule has 0 bridgehead atoms. The van der Waals surface area contributed by atoms with Crippen LogP contribution in [0.3, 0.4) is 0 Å². The van der Waals surface area contributed by atoms with Gasteiger partial charge in [0.25, 0.3) is 0 Å². The first-order valence-corrected chi connectivity index (χ1v) is 6.24. The van der Waals surface area contributed by atoms with E-state index in [1.165, 1.54) is 0 Å². The first kappa shape index (κ1) is 12.2.